The highest BCUT2D eigenvalue weighted by atomic mass is 35.5. The first-order valence-electron chi connectivity index (χ1n) is 13.2. The lowest BCUT2D eigenvalue weighted by Crippen LogP contribution is -2.41. The number of aromatic nitrogens is 1. The highest BCUT2D eigenvalue weighted by Gasteiger charge is 2.30. The number of benzene rings is 2. The molecule has 3 atom stereocenters. The van der Waals surface area contributed by atoms with Crippen LogP contribution in [0.2, 0.25) is 10.0 Å². The molecule has 1 saturated heterocycles. The third-order valence-electron chi connectivity index (χ3n) is 7.63. The van der Waals surface area contributed by atoms with Crippen LogP contribution in [0.1, 0.15) is 54.9 Å². The van der Waals surface area contributed by atoms with Crippen molar-refractivity contribution in [2.45, 2.75) is 45.1 Å². The molecule has 6 nitrogen and oxygen atoms in total. The number of likely N-dealkylation sites (tertiary alicyclic amines) is 1. The van der Waals surface area contributed by atoms with Crippen LogP contribution in [0, 0.1) is 30.6 Å². The minimum absolute atomic E-state index is 0.137. The average molecular weight is 570 g/mol. The van der Waals surface area contributed by atoms with Gasteiger partial charge in [-0.1, -0.05) is 35.0 Å². The number of hydrogen-bond acceptors (Lipinski definition) is 5. The van der Waals surface area contributed by atoms with Crippen LogP contribution in [-0.4, -0.2) is 52.8 Å². The van der Waals surface area contributed by atoms with Crippen LogP contribution in [0.15, 0.2) is 42.6 Å². The zero-order valence-corrected chi connectivity index (χ0v) is 23.8. The SMILES string of the molecule is COc1ccc2nccc(C(O)CC[C@@H]3CCN(CC#Cc4c(C)cc(Cl)cc4Cl)C[C@@H]3CCC(=O)O)c2c1. The van der Waals surface area contributed by atoms with E-state index in [4.69, 9.17) is 27.9 Å². The summed E-state index contributed by atoms with van der Waals surface area (Å²) in [4.78, 5) is 18.1. The van der Waals surface area contributed by atoms with E-state index >= 15 is 0 Å². The largest absolute Gasteiger partial charge is 0.497 e. The molecule has 4 rings (SSSR count). The van der Waals surface area contributed by atoms with E-state index in [1.54, 1.807) is 19.4 Å². The van der Waals surface area contributed by atoms with E-state index < -0.39 is 12.1 Å². The molecule has 2 aromatic carbocycles. The number of aliphatic hydroxyl groups is 1. The molecule has 3 aromatic rings. The summed E-state index contributed by atoms with van der Waals surface area (Å²) in [6.45, 7) is 4.18. The fourth-order valence-electron chi connectivity index (χ4n) is 5.51. The van der Waals surface area contributed by atoms with Crippen LogP contribution in [0.4, 0.5) is 0 Å². The molecule has 1 unspecified atom stereocenters. The van der Waals surface area contributed by atoms with Gasteiger partial charge in [-0.2, -0.15) is 0 Å². The van der Waals surface area contributed by atoms with Gasteiger partial charge in [-0.3, -0.25) is 14.7 Å². The number of aryl methyl sites for hydroxylation is 1. The van der Waals surface area contributed by atoms with Gasteiger partial charge < -0.3 is 14.9 Å². The van der Waals surface area contributed by atoms with Gasteiger partial charge in [0.05, 0.1) is 30.3 Å². The number of fused-ring (bicyclic) bond motifs is 1. The number of hydrogen-bond donors (Lipinski definition) is 2. The highest BCUT2D eigenvalue weighted by Crippen LogP contribution is 2.35. The minimum Gasteiger partial charge on any atom is -0.497 e. The number of aliphatic hydroxyl groups excluding tert-OH is 1. The van der Waals surface area contributed by atoms with Crippen molar-refractivity contribution in [1.82, 2.24) is 9.88 Å². The lowest BCUT2D eigenvalue weighted by atomic mass is 9.79. The van der Waals surface area contributed by atoms with Crippen molar-refractivity contribution < 1.29 is 19.7 Å². The lowest BCUT2D eigenvalue weighted by Gasteiger charge is -2.38. The van der Waals surface area contributed by atoms with Crippen LogP contribution in [0.25, 0.3) is 10.9 Å². The fraction of sp³-hybridized carbons (Fsp3) is 0.419. The summed E-state index contributed by atoms with van der Waals surface area (Å²) < 4.78 is 5.37. The molecule has 0 aliphatic carbocycles. The summed E-state index contributed by atoms with van der Waals surface area (Å²) in [7, 11) is 1.62. The molecule has 0 radical (unpaired) electrons. The topological polar surface area (TPSA) is 82.9 Å². The smallest absolute Gasteiger partial charge is 0.303 e. The summed E-state index contributed by atoms with van der Waals surface area (Å²) in [6.07, 6.45) is 4.18. The van der Waals surface area contributed by atoms with Crippen molar-refractivity contribution in [3.8, 4) is 17.6 Å². The number of rotatable bonds is 9. The maximum Gasteiger partial charge on any atom is 0.303 e. The van der Waals surface area contributed by atoms with Crippen LogP contribution in [-0.2, 0) is 4.79 Å². The first-order chi connectivity index (χ1) is 18.7. The minimum atomic E-state index is -0.782. The van der Waals surface area contributed by atoms with Gasteiger partial charge in [0, 0.05) is 35.1 Å². The quantitative estimate of drug-likeness (QED) is 0.285. The maximum absolute atomic E-state index is 11.4. The molecule has 1 aliphatic heterocycles. The third kappa shape index (κ3) is 7.64. The van der Waals surface area contributed by atoms with E-state index in [9.17, 15) is 15.0 Å². The Bertz CT molecular complexity index is 1360. The number of ether oxygens (including phenoxy) is 1. The van der Waals surface area contributed by atoms with Crippen molar-refractivity contribution in [1.29, 1.82) is 0 Å². The van der Waals surface area contributed by atoms with E-state index in [-0.39, 0.29) is 12.3 Å². The average Bonchev–Trinajstić information content (AvgIpc) is 2.91. The lowest BCUT2D eigenvalue weighted by molar-refractivity contribution is -0.137. The number of nitrogens with zero attached hydrogens (tertiary/aromatic N) is 2. The Morgan fingerprint density at radius 1 is 1.21 bits per heavy atom. The van der Waals surface area contributed by atoms with Crippen molar-refractivity contribution in [3.05, 3.63) is 69.3 Å². The van der Waals surface area contributed by atoms with E-state index in [0.717, 1.165) is 59.3 Å². The predicted octanol–water partition coefficient (Wildman–Crippen LogP) is 6.53. The Morgan fingerprint density at radius 3 is 2.77 bits per heavy atom. The van der Waals surface area contributed by atoms with Crippen LogP contribution < -0.4 is 4.74 Å². The first kappa shape index (κ1) is 29.2. The van der Waals surface area contributed by atoms with E-state index in [1.807, 2.05) is 37.3 Å². The van der Waals surface area contributed by atoms with Crippen LogP contribution >= 0.6 is 23.2 Å². The normalized spacial score (nSPS) is 18.4. The molecule has 206 valence electrons. The van der Waals surface area contributed by atoms with E-state index in [0.29, 0.717) is 35.3 Å². The molecular weight excluding hydrogens is 535 g/mol. The molecule has 0 amide bonds. The number of piperidine rings is 1. The molecular formula is C31H34Cl2N2O4. The monoisotopic (exact) mass is 568 g/mol. The van der Waals surface area contributed by atoms with Crippen LogP contribution in [0.3, 0.4) is 0 Å². The van der Waals surface area contributed by atoms with Gasteiger partial charge in [0.25, 0.3) is 0 Å². The molecule has 0 saturated carbocycles. The van der Waals surface area contributed by atoms with Crippen molar-refractivity contribution in [3.63, 3.8) is 0 Å². The molecule has 0 bridgehead atoms. The number of aliphatic carboxylic acids is 1. The Labute approximate surface area is 239 Å². The zero-order chi connectivity index (χ0) is 27.9. The van der Waals surface area contributed by atoms with Crippen LogP contribution in [0.5, 0.6) is 5.75 Å². The maximum atomic E-state index is 11.4. The van der Waals surface area contributed by atoms with Crippen molar-refractivity contribution >= 4 is 40.1 Å². The van der Waals surface area contributed by atoms with Gasteiger partial charge in [0.1, 0.15) is 5.75 Å². The van der Waals surface area contributed by atoms with Gasteiger partial charge in [0.2, 0.25) is 0 Å². The molecule has 1 aromatic heterocycles. The Balaban J connectivity index is 1.41. The highest BCUT2D eigenvalue weighted by molar-refractivity contribution is 6.35. The van der Waals surface area contributed by atoms with Crippen molar-refractivity contribution in [2.24, 2.45) is 11.8 Å². The second kappa shape index (κ2) is 13.5. The molecule has 2 N–H and O–H groups in total. The molecule has 8 heteroatoms. The summed E-state index contributed by atoms with van der Waals surface area (Å²) in [5.41, 5.74) is 3.38. The van der Waals surface area contributed by atoms with E-state index in [1.165, 1.54) is 0 Å². The Morgan fingerprint density at radius 2 is 2.03 bits per heavy atom. The number of pyridine rings is 1. The number of carboxylic acid groups (broad SMARTS) is 1. The molecule has 2 heterocycles. The van der Waals surface area contributed by atoms with Crippen molar-refractivity contribution in [2.75, 3.05) is 26.7 Å². The summed E-state index contributed by atoms with van der Waals surface area (Å²) in [5, 5.41) is 22.5. The Hall–Kier alpha value is -2.82. The summed E-state index contributed by atoms with van der Waals surface area (Å²) in [5.74, 6) is 6.93. The molecule has 0 spiro atoms. The summed E-state index contributed by atoms with van der Waals surface area (Å²) in [6, 6.07) is 11.1. The van der Waals surface area contributed by atoms with Gasteiger partial charge in [-0.05, 0) is 98.5 Å². The first-order valence-corrected chi connectivity index (χ1v) is 14.0. The number of carbonyl (C=O) groups is 1. The summed E-state index contributed by atoms with van der Waals surface area (Å²) >= 11 is 12.4. The standard InChI is InChI=1S/C31H34Cl2N2O4/c1-20-16-23(32)17-28(33)25(20)4-3-14-35-15-12-21(22(19-35)6-10-31(37)38)5-9-30(36)26-11-13-34-29-8-7-24(39-2)18-27(26)29/h7-8,11,13,16-18,21-22,30,36H,5-6,9-10,12,14-15,19H2,1-2H3,(H,37,38)/t21-,22+,30?/m1/s1. The van der Waals surface area contributed by atoms with Gasteiger partial charge >= 0.3 is 5.97 Å². The predicted molar refractivity (Wildman–Crippen MR) is 155 cm³/mol. The van der Waals surface area contributed by atoms with Gasteiger partial charge in [-0.25, -0.2) is 0 Å². The van der Waals surface area contributed by atoms with Gasteiger partial charge in [0.15, 0.2) is 0 Å². The Kier molecular flexibility index (Phi) is 10.1. The number of halogens is 2. The molecule has 1 fully saturated rings. The van der Waals surface area contributed by atoms with E-state index in [2.05, 4.69) is 21.7 Å². The molecule has 1 aliphatic rings. The third-order valence-corrected chi connectivity index (χ3v) is 8.14. The fourth-order valence-corrected chi connectivity index (χ4v) is 6.15. The zero-order valence-electron chi connectivity index (χ0n) is 22.3. The molecule has 39 heavy (non-hydrogen) atoms. The second-order valence-corrected chi connectivity index (χ2v) is 11.1. The number of carboxylic acids is 1. The second-order valence-electron chi connectivity index (χ2n) is 10.2. The number of methoxy groups -OCH3 is 1. The van der Waals surface area contributed by atoms with Gasteiger partial charge in [-0.15, -0.1) is 0 Å².